The Morgan fingerprint density at radius 2 is 2.39 bits per heavy atom. The quantitative estimate of drug-likeness (QED) is 0.578. The van der Waals surface area contributed by atoms with Crippen molar-refractivity contribution >= 4 is 5.82 Å². The maximum absolute atomic E-state index is 11.7. The predicted molar refractivity (Wildman–Crippen MR) is 60.7 cm³/mol. The molecule has 0 amide bonds. The average Bonchev–Trinajstić information content (AvgIpc) is 2.65. The second kappa shape index (κ2) is 5.02. The maximum Gasteiger partial charge on any atom is 0.351 e. The molecule has 0 unspecified atom stereocenters. The average molecular weight is 257 g/mol. The number of aliphatic hydroxyl groups excluding tert-OH is 2. The Hall–Kier alpha value is -1.48. The van der Waals surface area contributed by atoms with Gasteiger partial charge < -0.3 is 25.4 Å². The van der Waals surface area contributed by atoms with Crippen molar-refractivity contribution in [2.75, 3.05) is 19.5 Å². The lowest BCUT2D eigenvalue weighted by atomic mass is 10.1. The topological polar surface area (TPSA) is 120 Å². The van der Waals surface area contributed by atoms with Gasteiger partial charge in [0.25, 0.3) is 0 Å². The molecule has 0 radical (unpaired) electrons. The summed E-state index contributed by atoms with van der Waals surface area (Å²) in [6, 6.07) is 1.44. The van der Waals surface area contributed by atoms with Crippen LogP contribution in [-0.4, -0.2) is 51.8 Å². The Bertz CT molecular complexity index is 477. The van der Waals surface area contributed by atoms with Crippen molar-refractivity contribution < 1.29 is 19.7 Å². The van der Waals surface area contributed by atoms with E-state index in [1.54, 1.807) is 0 Å². The van der Waals surface area contributed by atoms with Gasteiger partial charge in [-0.15, -0.1) is 0 Å². The number of nitrogens with zero attached hydrogens (tertiary/aromatic N) is 2. The molecule has 100 valence electrons. The molecule has 1 fully saturated rings. The highest BCUT2D eigenvalue weighted by Crippen LogP contribution is 2.30. The number of nitrogen functional groups attached to an aromatic ring is 1. The van der Waals surface area contributed by atoms with E-state index in [2.05, 4.69) is 4.98 Å². The molecule has 0 saturated carbocycles. The van der Waals surface area contributed by atoms with Crippen LogP contribution in [-0.2, 0) is 9.47 Å². The van der Waals surface area contributed by atoms with E-state index in [0.29, 0.717) is 0 Å². The summed E-state index contributed by atoms with van der Waals surface area (Å²) in [5, 5.41) is 18.9. The van der Waals surface area contributed by atoms with Gasteiger partial charge in [0.15, 0.2) is 6.23 Å². The molecule has 0 spiro atoms. The number of hydrogen-bond donors (Lipinski definition) is 3. The highest BCUT2D eigenvalue weighted by atomic mass is 16.6. The number of aromatic nitrogens is 2. The van der Waals surface area contributed by atoms with Crippen molar-refractivity contribution in [2.45, 2.75) is 24.5 Å². The van der Waals surface area contributed by atoms with Crippen molar-refractivity contribution in [3.05, 3.63) is 22.7 Å². The van der Waals surface area contributed by atoms with Crippen molar-refractivity contribution in [1.29, 1.82) is 0 Å². The maximum atomic E-state index is 11.7. The first kappa shape index (κ1) is 13.0. The molecule has 8 heteroatoms. The van der Waals surface area contributed by atoms with Gasteiger partial charge in [0.05, 0.1) is 6.61 Å². The minimum atomic E-state index is -1.02. The van der Waals surface area contributed by atoms with Gasteiger partial charge in [-0.1, -0.05) is 0 Å². The summed E-state index contributed by atoms with van der Waals surface area (Å²) in [6.07, 6.45) is -2.01. The third-order valence-corrected chi connectivity index (χ3v) is 2.89. The van der Waals surface area contributed by atoms with Crippen LogP contribution in [0.25, 0.3) is 0 Å². The summed E-state index contributed by atoms with van der Waals surface area (Å²) in [6.45, 7) is -0.366. The Morgan fingerprint density at radius 3 is 2.94 bits per heavy atom. The van der Waals surface area contributed by atoms with Crippen LogP contribution in [0.1, 0.15) is 6.23 Å². The molecule has 1 aromatic heterocycles. The minimum Gasteiger partial charge on any atom is -0.394 e. The van der Waals surface area contributed by atoms with E-state index < -0.39 is 30.2 Å². The van der Waals surface area contributed by atoms with Gasteiger partial charge >= 0.3 is 5.69 Å². The summed E-state index contributed by atoms with van der Waals surface area (Å²) in [4.78, 5) is 15.3. The molecule has 0 aliphatic carbocycles. The van der Waals surface area contributed by atoms with Crippen molar-refractivity contribution in [3.63, 3.8) is 0 Å². The molecule has 0 bridgehead atoms. The zero-order chi connectivity index (χ0) is 13.3. The molecule has 8 nitrogen and oxygen atoms in total. The minimum absolute atomic E-state index is 0.0995. The standard InChI is InChI=1S/C10H15N3O5/c1-17-8-7(15)5(4-14)18-9(8)13-3-2-6(11)12-10(13)16/h2-3,5,7-9,14-15H,4H2,1H3,(H2,11,12,16)/t5-,7+,8-,9+/m0/s1. The number of rotatable bonds is 3. The lowest BCUT2D eigenvalue weighted by molar-refractivity contribution is -0.0624. The third-order valence-electron chi connectivity index (χ3n) is 2.89. The first-order valence-electron chi connectivity index (χ1n) is 5.40. The third kappa shape index (κ3) is 2.10. The normalized spacial score (nSPS) is 31.7. The van der Waals surface area contributed by atoms with Crippen LogP contribution < -0.4 is 11.4 Å². The summed E-state index contributed by atoms with van der Waals surface area (Å²) in [7, 11) is 1.39. The molecule has 4 atom stereocenters. The second-order valence-electron chi connectivity index (χ2n) is 3.98. The van der Waals surface area contributed by atoms with E-state index in [-0.39, 0.29) is 12.4 Å². The van der Waals surface area contributed by atoms with E-state index in [4.69, 9.17) is 20.3 Å². The summed E-state index contributed by atoms with van der Waals surface area (Å²) in [5.41, 5.74) is 4.78. The SMILES string of the molecule is CO[C@H]1[C@H](O)[C@H](CO)O[C@H]1n1ccc(N)nc1=O. The molecular formula is C10H15N3O5. The van der Waals surface area contributed by atoms with E-state index in [0.717, 1.165) is 0 Å². The molecule has 2 heterocycles. The Labute approximate surface area is 103 Å². The predicted octanol–water partition coefficient (Wildman–Crippen LogP) is -1.91. The number of hydrogen-bond acceptors (Lipinski definition) is 7. The Balaban J connectivity index is 2.35. The summed E-state index contributed by atoms with van der Waals surface area (Å²) >= 11 is 0. The number of anilines is 1. The fourth-order valence-electron chi connectivity index (χ4n) is 1.97. The first-order valence-corrected chi connectivity index (χ1v) is 5.40. The van der Waals surface area contributed by atoms with Crippen LogP contribution in [0.4, 0.5) is 5.82 Å². The van der Waals surface area contributed by atoms with Gasteiger partial charge in [0.2, 0.25) is 0 Å². The van der Waals surface area contributed by atoms with Crippen LogP contribution in [0, 0.1) is 0 Å². The van der Waals surface area contributed by atoms with Gasteiger partial charge in [0.1, 0.15) is 24.1 Å². The molecule has 2 rings (SSSR count). The van der Waals surface area contributed by atoms with E-state index >= 15 is 0 Å². The number of ether oxygens (including phenoxy) is 2. The molecule has 4 N–H and O–H groups in total. The Morgan fingerprint density at radius 1 is 1.67 bits per heavy atom. The fourth-order valence-corrected chi connectivity index (χ4v) is 1.97. The molecule has 0 aromatic carbocycles. The molecule has 18 heavy (non-hydrogen) atoms. The van der Waals surface area contributed by atoms with E-state index in [9.17, 15) is 9.90 Å². The van der Waals surface area contributed by atoms with E-state index in [1.807, 2.05) is 0 Å². The number of nitrogens with two attached hydrogens (primary N) is 1. The largest absolute Gasteiger partial charge is 0.394 e. The van der Waals surface area contributed by atoms with Crippen molar-refractivity contribution in [3.8, 4) is 0 Å². The lowest BCUT2D eigenvalue weighted by Gasteiger charge is -2.20. The molecule has 1 saturated heterocycles. The molecular weight excluding hydrogens is 242 g/mol. The van der Waals surface area contributed by atoms with Crippen molar-refractivity contribution in [1.82, 2.24) is 9.55 Å². The summed E-state index contributed by atoms with van der Waals surface area (Å²) in [5.74, 6) is 0.0995. The fraction of sp³-hybridized carbons (Fsp3) is 0.600. The van der Waals surface area contributed by atoms with Gasteiger partial charge in [-0.2, -0.15) is 4.98 Å². The van der Waals surface area contributed by atoms with Crippen LogP contribution in [0.5, 0.6) is 0 Å². The van der Waals surface area contributed by atoms with E-state index in [1.165, 1.54) is 23.9 Å². The number of methoxy groups -OCH3 is 1. The zero-order valence-corrected chi connectivity index (χ0v) is 9.76. The monoisotopic (exact) mass is 257 g/mol. The smallest absolute Gasteiger partial charge is 0.351 e. The van der Waals surface area contributed by atoms with Gasteiger partial charge in [-0.25, -0.2) is 4.79 Å². The first-order chi connectivity index (χ1) is 8.58. The Kier molecular flexibility index (Phi) is 3.62. The van der Waals surface area contributed by atoms with Gasteiger partial charge in [-0.05, 0) is 6.07 Å². The highest BCUT2D eigenvalue weighted by molar-refractivity contribution is 5.23. The van der Waals surface area contributed by atoms with Crippen molar-refractivity contribution in [2.24, 2.45) is 0 Å². The van der Waals surface area contributed by atoms with Crippen LogP contribution in [0.2, 0.25) is 0 Å². The van der Waals surface area contributed by atoms with Gasteiger partial charge in [0, 0.05) is 13.3 Å². The molecule has 1 aliphatic heterocycles. The zero-order valence-electron chi connectivity index (χ0n) is 9.76. The van der Waals surface area contributed by atoms with Crippen LogP contribution in [0.3, 0.4) is 0 Å². The molecule has 1 aliphatic rings. The lowest BCUT2D eigenvalue weighted by Crippen LogP contribution is -2.37. The summed E-state index contributed by atoms with van der Waals surface area (Å²) < 4.78 is 11.7. The molecule has 1 aromatic rings. The second-order valence-corrected chi connectivity index (χ2v) is 3.98. The van der Waals surface area contributed by atoms with Gasteiger partial charge in [-0.3, -0.25) is 4.57 Å². The highest BCUT2D eigenvalue weighted by Gasteiger charge is 2.45. The van der Waals surface area contributed by atoms with Crippen LogP contribution in [0.15, 0.2) is 17.1 Å². The number of aliphatic hydroxyl groups is 2. The van der Waals surface area contributed by atoms with Crippen LogP contribution >= 0.6 is 0 Å².